The summed E-state index contributed by atoms with van der Waals surface area (Å²) in [6.07, 6.45) is 3.82. The van der Waals surface area contributed by atoms with Crippen molar-refractivity contribution in [1.29, 1.82) is 0 Å². The molecule has 0 bridgehead atoms. The molecule has 0 amide bonds. The first-order valence-corrected chi connectivity index (χ1v) is 9.46. The Labute approximate surface area is 159 Å². The van der Waals surface area contributed by atoms with Gasteiger partial charge in [-0.1, -0.05) is 43.3 Å². The molecule has 2 aromatic heterocycles. The smallest absolute Gasteiger partial charge is 0.241 e. The van der Waals surface area contributed by atoms with E-state index in [1.54, 1.807) is 0 Å². The molecule has 3 aromatic rings. The summed E-state index contributed by atoms with van der Waals surface area (Å²) in [4.78, 5) is 11.5. The van der Waals surface area contributed by atoms with Gasteiger partial charge in [0.25, 0.3) is 0 Å². The van der Waals surface area contributed by atoms with Crippen LogP contribution in [0.5, 0.6) is 0 Å². The molecule has 4 rings (SSSR count). The van der Waals surface area contributed by atoms with E-state index in [0.717, 1.165) is 31.0 Å². The van der Waals surface area contributed by atoms with E-state index in [1.807, 2.05) is 19.4 Å². The summed E-state index contributed by atoms with van der Waals surface area (Å²) in [5.74, 6) is 2.84. The fourth-order valence-electron chi connectivity index (χ4n) is 3.52. The molecule has 1 N–H and O–H groups in total. The molecule has 0 saturated carbocycles. The molecule has 0 spiro atoms. The highest BCUT2D eigenvalue weighted by atomic mass is 16.5. The normalized spacial score (nSPS) is 18.3. The highest BCUT2D eigenvalue weighted by Crippen LogP contribution is 2.24. The molecule has 1 unspecified atom stereocenters. The van der Waals surface area contributed by atoms with Gasteiger partial charge >= 0.3 is 0 Å². The van der Waals surface area contributed by atoms with Gasteiger partial charge in [0.15, 0.2) is 0 Å². The first-order valence-electron chi connectivity index (χ1n) is 9.46. The highest BCUT2D eigenvalue weighted by Gasteiger charge is 2.28. The largest absolute Gasteiger partial charge is 0.338 e. The van der Waals surface area contributed by atoms with E-state index in [1.165, 1.54) is 5.56 Å². The number of hydrogen-bond acceptors (Lipinski definition) is 6. The van der Waals surface area contributed by atoms with Gasteiger partial charge in [-0.25, -0.2) is 4.98 Å². The molecule has 0 radical (unpaired) electrons. The predicted molar refractivity (Wildman–Crippen MR) is 103 cm³/mol. The van der Waals surface area contributed by atoms with Crippen molar-refractivity contribution in [1.82, 2.24) is 29.9 Å². The molecule has 3 heterocycles. The zero-order chi connectivity index (χ0) is 18.8. The minimum absolute atomic E-state index is 0.194. The number of aromatic nitrogens is 4. The summed E-state index contributed by atoms with van der Waals surface area (Å²) >= 11 is 0. The van der Waals surface area contributed by atoms with Crippen molar-refractivity contribution in [2.45, 2.75) is 32.4 Å². The minimum Gasteiger partial charge on any atom is -0.338 e. The Balaban J connectivity index is 1.50. The maximum atomic E-state index is 5.55. The fourth-order valence-corrected chi connectivity index (χ4v) is 3.52. The lowest BCUT2D eigenvalue weighted by atomic mass is 10.0. The Morgan fingerprint density at radius 1 is 1.26 bits per heavy atom. The third-order valence-electron chi connectivity index (χ3n) is 5.15. The van der Waals surface area contributed by atoms with Gasteiger partial charge in [-0.2, -0.15) is 4.98 Å². The van der Waals surface area contributed by atoms with Crippen molar-refractivity contribution in [3.8, 4) is 11.4 Å². The van der Waals surface area contributed by atoms with Crippen molar-refractivity contribution < 1.29 is 4.52 Å². The molecule has 7 nitrogen and oxygen atoms in total. The van der Waals surface area contributed by atoms with Crippen LogP contribution in [-0.2, 0) is 13.6 Å². The summed E-state index contributed by atoms with van der Waals surface area (Å²) in [5, 5.41) is 7.63. The van der Waals surface area contributed by atoms with Crippen LogP contribution >= 0.6 is 0 Å². The van der Waals surface area contributed by atoms with Gasteiger partial charge in [-0.05, 0) is 11.5 Å². The van der Waals surface area contributed by atoms with E-state index < -0.39 is 0 Å². The Morgan fingerprint density at radius 3 is 2.78 bits per heavy atom. The van der Waals surface area contributed by atoms with Crippen LogP contribution in [0.3, 0.4) is 0 Å². The quantitative estimate of drug-likeness (QED) is 0.749. The van der Waals surface area contributed by atoms with Gasteiger partial charge in [0.2, 0.25) is 11.7 Å². The fraction of sp³-hybridized carbons (Fsp3) is 0.450. The Hall–Kier alpha value is -2.51. The molecular formula is C20H26N6O. The number of benzene rings is 1. The summed E-state index contributed by atoms with van der Waals surface area (Å²) in [5.41, 5.74) is 2.29. The SMILES string of the molecule is CC(C)c1ccc(-c2noc(CN3CCNCC3c3nccn3C)n2)cc1. The van der Waals surface area contributed by atoms with Gasteiger partial charge in [-0.3, -0.25) is 4.90 Å². The molecule has 1 aliphatic rings. The molecule has 0 aliphatic carbocycles. The first kappa shape index (κ1) is 17.9. The van der Waals surface area contributed by atoms with Crippen molar-refractivity contribution in [2.24, 2.45) is 7.05 Å². The van der Waals surface area contributed by atoms with Crippen molar-refractivity contribution >= 4 is 0 Å². The topological polar surface area (TPSA) is 72.0 Å². The lowest BCUT2D eigenvalue weighted by Gasteiger charge is -2.34. The standard InChI is InChI=1S/C20H26N6O/c1-14(2)15-4-6-16(7-5-15)19-23-18(27-24-19)13-26-11-8-21-12-17(26)20-22-9-10-25(20)3/h4-7,9-10,14,17,21H,8,11-13H2,1-3H3. The van der Waals surface area contributed by atoms with Crippen LogP contribution in [0, 0.1) is 0 Å². The zero-order valence-corrected chi connectivity index (χ0v) is 16.1. The second-order valence-corrected chi connectivity index (χ2v) is 7.38. The lowest BCUT2D eigenvalue weighted by molar-refractivity contribution is 0.128. The van der Waals surface area contributed by atoms with Crippen LogP contribution in [0.15, 0.2) is 41.2 Å². The van der Waals surface area contributed by atoms with E-state index >= 15 is 0 Å². The van der Waals surface area contributed by atoms with E-state index in [2.05, 4.69) is 68.0 Å². The maximum absolute atomic E-state index is 5.55. The second kappa shape index (κ2) is 7.62. The number of imidazole rings is 1. The maximum Gasteiger partial charge on any atom is 0.241 e. The summed E-state index contributed by atoms with van der Waals surface area (Å²) < 4.78 is 7.61. The monoisotopic (exact) mass is 366 g/mol. The number of nitrogens with one attached hydrogen (secondary N) is 1. The van der Waals surface area contributed by atoms with Gasteiger partial charge in [-0.15, -0.1) is 0 Å². The van der Waals surface area contributed by atoms with Crippen LogP contribution in [0.25, 0.3) is 11.4 Å². The first-order chi connectivity index (χ1) is 13.1. The van der Waals surface area contributed by atoms with Crippen molar-refractivity contribution in [3.63, 3.8) is 0 Å². The van der Waals surface area contributed by atoms with Crippen LogP contribution in [-0.4, -0.2) is 44.2 Å². The molecule has 1 atom stereocenters. The summed E-state index contributed by atoms with van der Waals surface area (Å²) in [6.45, 7) is 7.72. The lowest BCUT2D eigenvalue weighted by Crippen LogP contribution is -2.46. The van der Waals surface area contributed by atoms with Crippen LogP contribution in [0.4, 0.5) is 0 Å². The minimum atomic E-state index is 0.194. The van der Waals surface area contributed by atoms with E-state index in [-0.39, 0.29) is 6.04 Å². The molecule has 1 saturated heterocycles. The molecule has 1 fully saturated rings. The third-order valence-corrected chi connectivity index (χ3v) is 5.15. The van der Waals surface area contributed by atoms with E-state index in [0.29, 0.717) is 24.2 Å². The van der Waals surface area contributed by atoms with Crippen molar-refractivity contribution in [3.05, 3.63) is 53.9 Å². The van der Waals surface area contributed by atoms with Gasteiger partial charge in [0.05, 0.1) is 12.6 Å². The Bertz CT molecular complexity index is 882. The number of aryl methyl sites for hydroxylation is 1. The van der Waals surface area contributed by atoms with Crippen molar-refractivity contribution in [2.75, 3.05) is 19.6 Å². The van der Waals surface area contributed by atoms with Crippen LogP contribution < -0.4 is 5.32 Å². The van der Waals surface area contributed by atoms with E-state index in [9.17, 15) is 0 Å². The molecule has 1 aromatic carbocycles. The average Bonchev–Trinajstić information content (AvgIpc) is 3.31. The third kappa shape index (κ3) is 3.79. The molecule has 7 heteroatoms. The van der Waals surface area contributed by atoms with Gasteiger partial charge < -0.3 is 14.4 Å². The van der Waals surface area contributed by atoms with Gasteiger partial charge in [0.1, 0.15) is 5.82 Å². The number of piperazine rings is 1. The summed E-state index contributed by atoms with van der Waals surface area (Å²) in [6, 6.07) is 8.57. The Morgan fingerprint density at radius 2 is 2.07 bits per heavy atom. The predicted octanol–water partition coefficient (Wildman–Crippen LogP) is 2.74. The molecule has 27 heavy (non-hydrogen) atoms. The molecule has 1 aliphatic heterocycles. The number of rotatable bonds is 5. The van der Waals surface area contributed by atoms with Crippen LogP contribution in [0.2, 0.25) is 0 Å². The van der Waals surface area contributed by atoms with Gasteiger partial charge in [0, 0.05) is 44.6 Å². The zero-order valence-electron chi connectivity index (χ0n) is 16.1. The molecule has 142 valence electrons. The Kier molecular flexibility index (Phi) is 5.05. The van der Waals surface area contributed by atoms with Crippen LogP contribution in [0.1, 0.15) is 43.1 Å². The molecular weight excluding hydrogens is 340 g/mol. The summed E-state index contributed by atoms with van der Waals surface area (Å²) in [7, 11) is 2.03. The number of hydrogen-bond donors (Lipinski definition) is 1. The second-order valence-electron chi connectivity index (χ2n) is 7.38. The van der Waals surface area contributed by atoms with E-state index in [4.69, 9.17) is 4.52 Å². The number of nitrogens with zero attached hydrogens (tertiary/aromatic N) is 5. The highest BCUT2D eigenvalue weighted by molar-refractivity contribution is 5.54. The average molecular weight is 366 g/mol.